The Morgan fingerprint density at radius 3 is 3.11 bits per heavy atom. The number of halogens is 1. The van der Waals surface area contributed by atoms with Gasteiger partial charge in [0.15, 0.2) is 5.82 Å². The first-order chi connectivity index (χ1) is 9.31. The minimum absolute atomic E-state index is 0.266. The fourth-order valence-corrected chi connectivity index (χ4v) is 2.20. The molecule has 1 N–H and O–H groups in total. The highest BCUT2D eigenvalue weighted by Gasteiger charge is 2.11. The van der Waals surface area contributed by atoms with E-state index < -0.39 is 0 Å². The van der Waals surface area contributed by atoms with Crippen LogP contribution in [0.2, 0.25) is 0 Å². The lowest BCUT2D eigenvalue weighted by molar-refractivity contribution is 0.391. The van der Waals surface area contributed by atoms with Gasteiger partial charge in [-0.05, 0) is 18.2 Å². The third kappa shape index (κ3) is 2.79. The number of rotatable bonds is 4. The molecule has 0 spiro atoms. The smallest absolute Gasteiger partial charge is 0.239 e. The predicted octanol–water partition coefficient (Wildman–Crippen LogP) is 2.29. The van der Waals surface area contributed by atoms with Gasteiger partial charge in [0, 0.05) is 4.90 Å². The van der Waals surface area contributed by atoms with Gasteiger partial charge in [-0.15, -0.1) is 11.8 Å². The number of thioether (sulfide) groups is 1. The Labute approximate surface area is 111 Å². The van der Waals surface area contributed by atoms with Crippen LogP contribution in [0.4, 0.5) is 4.39 Å². The van der Waals surface area contributed by atoms with E-state index in [0.717, 1.165) is 4.90 Å². The molecule has 0 aliphatic rings. The van der Waals surface area contributed by atoms with Crippen molar-refractivity contribution >= 4 is 11.8 Å². The largest absolute Gasteiger partial charge is 0.338 e. The van der Waals surface area contributed by atoms with Gasteiger partial charge >= 0.3 is 0 Å². The van der Waals surface area contributed by atoms with Gasteiger partial charge in [-0.3, -0.25) is 5.10 Å². The van der Waals surface area contributed by atoms with Crippen molar-refractivity contribution in [3.8, 4) is 11.6 Å². The van der Waals surface area contributed by atoms with Crippen molar-refractivity contribution in [2.75, 3.05) is 0 Å². The van der Waals surface area contributed by atoms with Gasteiger partial charge in [0.05, 0.1) is 5.75 Å². The van der Waals surface area contributed by atoms with Crippen molar-refractivity contribution in [2.45, 2.75) is 10.6 Å². The molecule has 96 valence electrons. The van der Waals surface area contributed by atoms with E-state index in [1.54, 1.807) is 6.07 Å². The highest BCUT2D eigenvalue weighted by molar-refractivity contribution is 7.98. The third-order valence-corrected chi connectivity index (χ3v) is 3.23. The number of hydrogen-bond acceptors (Lipinski definition) is 6. The Morgan fingerprint density at radius 2 is 2.32 bits per heavy atom. The summed E-state index contributed by atoms with van der Waals surface area (Å²) < 4.78 is 18.1. The monoisotopic (exact) mass is 277 g/mol. The van der Waals surface area contributed by atoms with Crippen molar-refractivity contribution in [3.05, 3.63) is 42.3 Å². The Bertz CT molecular complexity index is 669. The SMILES string of the molecule is Fc1cccc(SCc2nc(-c3ncn[nH]3)no2)c1. The van der Waals surface area contributed by atoms with Gasteiger partial charge in [0.2, 0.25) is 11.7 Å². The Morgan fingerprint density at radius 1 is 1.37 bits per heavy atom. The molecule has 0 saturated carbocycles. The minimum Gasteiger partial charge on any atom is -0.338 e. The molecule has 8 heteroatoms. The minimum atomic E-state index is -0.266. The summed E-state index contributed by atoms with van der Waals surface area (Å²) in [5.74, 6) is 1.45. The predicted molar refractivity (Wildman–Crippen MR) is 65.6 cm³/mol. The van der Waals surface area contributed by atoms with Crippen LogP contribution in [0.1, 0.15) is 5.89 Å². The van der Waals surface area contributed by atoms with Crippen LogP contribution in [0.15, 0.2) is 40.0 Å². The molecule has 3 rings (SSSR count). The molecule has 19 heavy (non-hydrogen) atoms. The van der Waals surface area contributed by atoms with Gasteiger partial charge in [-0.2, -0.15) is 10.1 Å². The summed E-state index contributed by atoms with van der Waals surface area (Å²) in [6.45, 7) is 0. The molecule has 0 unspecified atom stereocenters. The second-order valence-electron chi connectivity index (χ2n) is 3.59. The molecule has 0 amide bonds. The van der Waals surface area contributed by atoms with Crippen LogP contribution in [0.25, 0.3) is 11.6 Å². The highest BCUT2D eigenvalue weighted by Crippen LogP contribution is 2.23. The second-order valence-corrected chi connectivity index (χ2v) is 4.64. The number of benzene rings is 1. The zero-order valence-electron chi connectivity index (χ0n) is 9.58. The second kappa shape index (κ2) is 5.19. The van der Waals surface area contributed by atoms with E-state index in [2.05, 4.69) is 25.3 Å². The van der Waals surface area contributed by atoms with Crippen molar-refractivity contribution in [1.29, 1.82) is 0 Å². The maximum Gasteiger partial charge on any atom is 0.239 e. The van der Waals surface area contributed by atoms with Gasteiger partial charge < -0.3 is 4.52 Å². The lowest BCUT2D eigenvalue weighted by atomic mass is 10.4. The summed E-state index contributed by atoms with van der Waals surface area (Å²) in [7, 11) is 0. The van der Waals surface area contributed by atoms with E-state index in [4.69, 9.17) is 4.52 Å². The summed E-state index contributed by atoms with van der Waals surface area (Å²) in [5, 5.41) is 10.1. The summed E-state index contributed by atoms with van der Waals surface area (Å²) in [6.07, 6.45) is 1.37. The van der Waals surface area contributed by atoms with Crippen LogP contribution in [0, 0.1) is 5.82 Å². The molecule has 0 atom stereocenters. The van der Waals surface area contributed by atoms with Crippen molar-refractivity contribution in [3.63, 3.8) is 0 Å². The van der Waals surface area contributed by atoms with Crippen LogP contribution in [0.3, 0.4) is 0 Å². The number of H-pyrrole nitrogens is 1. The van der Waals surface area contributed by atoms with Crippen molar-refractivity contribution < 1.29 is 8.91 Å². The zero-order chi connectivity index (χ0) is 13.1. The van der Waals surface area contributed by atoms with Crippen LogP contribution in [-0.2, 0) is 5.75 Å². The fourth-order valence-electron chi connectivity index (χ4n) is 1.42. The molecule has 0 radical (unpaired) electrons. The maximum atomic E-state index is 13.0. The van der Waals surface area contributed by atoms with Gasteiger partial charge in [-0.25, -0.2) is 9.37 Å². The normalized spacial score (nSPS) is 10.8. The van der Waals surface area contributed by atoms with E-state index in [9.17, 15) is 4.39 Å². The lowest BCUT2D eigenvalue weighted by Crippen LogP contribution is -1.85. The Balaban J connectivity index is 1.68. The van der Waals surface area contributed by atoms with E-state index >= 15 is 0 Å². The quantitative estimate of drug-likeness (QED) is 0.737. The zero-order valence-corrected chi connectivity index (χ0v) is 10.4. The molecular weight excluding hydrogens is 269 g/mol. The topological polar surface area (TPSA) is 80.5 Å². The first-order valence-electron chi connectivity index (χ1n) is 5.38. The van der Waals surface area contributed by atoms with Crippen molar-refractivity contribution in [2.24, 2.45) is 0 Å². The molecular formula is C11H8FN5OS. The fraction of sp³-hybridized carbons (Fsp3) is 0.0909. The molecule has 6 nitrogen and oxygen atoms in total. The van der Waals surface area contributed by atoms with Gasteiger partial charge in [-0.1, -0.05) is 11.2 Å². The third-order valence-electron chi connectivity index (χ3n) is 2.25. The summed E-state index contributed by atoms with van der Waals surface area (Å²) in [6, 6.07) is 6.34. The molecule has 2 heterocycles. The van der Waals surface area contributed by atoms with Crippen LogP contribution in [0.5, 0.6) is 0 Å². The number of hydrogen-bond donors (Lipinski definition) is 1. The van der Waals surface area contributed by atoms with Crippen LogP contribution < -0.4 is 0 Å². The first-order valence-corrected chi connectivity index (χ1v) is 6.36. The van der Waals surface area contributed by atoms with Gasteiger partial charge in [0.1, 0.15) is 12.1 Å². The summed E-state index contributed by atoms with van der Waals surface area (Å²) >= 11 is 1.42. The highest BCUT2D eigenvalue weighted by atomic mass is 32.2. The molecule has 0 saturated heterocycles. The van der Waals surface area contributed by atoms with Crippen LogP contribution >= 0.6 is 11.8 Å². The summed E-state index contributed by atoms with van der Waals surface area (Å²) in [4.78, 5) is 8.89. The molecule has 0 bridgehead atoms. The number of nitrogens with one attached hydrogen (secondary N) is 1. The summed E-state index contributed by atoms with van der Waals surface area (Å²) in [5.41, 5.74) is 0. The molecule has 1 aromatic carbocycles. The average Bonchev–Trinajstić information content (AvgIpc) is 3.07. The van der Waals surface area contributed by atoms with E-state index in [1.165, 1.54) is 30.2 Å². The number of nitrogens with zero attached hydrogens (tertiary/aromatic N) is 4. The molecule has 0 aliphatic heterocycles. The van der Waals surface area contributed by atoms with Gasteiger partial charge in [0.25, 0.3) is 0 Å². The molecule has 0 fully saturated rings. The molecule has 2 aromatic heterocycles. The Kier molecular flexibility index (Phi) is 3.23. The van der Waals surface area contributed by atoms with Crippen LogP contribution in [-0.4, -0.2) is 25.3 Å². The average molecular weight is 277 g/mol. The molecule has 3 aromatic rings. The lowest BCUT2D eigenvalue weighted by Gasteiger charge is -1.97. The van der Waals surface area contributed by atoms with E-state index in [1.807, 2.05) is 6.07 Å². The van der Waals surface area contributed by atoms with E-state index in [0.29, 0.717) is 23.3 Å². The maximum absolute atomic E-state index is 13.0. The van der Waals surface area contributed by atoms with Crippen molar-refractivity contribution in [1.82, 2.24) is 25.3 Å². The standard InChI is InChI=1S/C11H8FN5OS/c12-7-2-1-3-8(4-7)19-5-9-15-11(17-18-9)10-13-6-14-16-10/h1-4,6H,5H2,(H,13,14,16). The van der Waals surface area contributed by atoms with E-state index in [-0.39, 0.29) is 5.82 Å². The number of aromatic nitrogens is 5. The molecule has 0 aliphatic carbocycles. The first kappa shape index (κ1) is 11.8. The number of aromatic amines is 1. The Hall–Kier alpha value is -2.22.